The lowest BCUT2D eigenvalue weighted by atomic mass is 10.2. The van der Waals surface area contributed by atoms with Crippen molar-refractivity contribution >= 4 is 6.21 Å². The summed E-state index contributed by atoms with van der Waals surface area (Å²) >= 11 is 0. The first kappa shape index (κ1) is 15.7. The van der Waals surface area contributed by atoms with E-state index >= 15 is 0 Å². The van der Waals surface area contributed by atoms with Gasteiger partial charge in [0.1, 0.15) is 0 Å². The molecule has 0 unspecified atom stereocenters. The van der Waals surface area contributed by atoms with Crippen molar-refractivity contribution < 1.29 is 0 Å². The smallest absolute Gasteiger partial charge is 0.0471 e. The highest BCUT2D eigenvalue weighted by Crippen LogP contribution is 2.10. The van der Waals surface area contributed by atoms with Gasteiger partial charge in [0.2, 0.25) is 0 Å². The molecule has 17 heavy (non-hydrogen) atoms. The molecule has 3 heteroatoms. The van der Waals surface area contributed by atoms with E-state index in [2.05, 4.69) is 30.0 Å². The van der Waals surface area contributed by atoms with Crippen molar-refractivity contribution in [2.24, 2.45) is 5.10 Å². The first-order valence-corrected chi connectivity index (χ1v) is 6.13. The van der Waals surface area contributed by atoms with Crippen LogP contribution in [-0.4, -0.2) is 31.4 Å². The molecule has 1 N–H and O–H groups in total. The van der Waals surface area contributed by atoms with Crippen molar-refractivity contribution in [3.63, 3.8) is 0 Å². The van der Waals surface area contributed by atoms with Crippen molar-refractivity contribution in [2.45, 2.75) is 26.7 Å². The van der Waals surface area contributed by atoms with E-state index in [-0.39, 0.29) is 0 Å². The van der Waals surface area contributed by atoms with Gasteiger partial charge in [0, 0.05) is 31.4 Å². The highest BCUT2D eigenvalue weighted by molar-refractivity contribution is 5.70. The van der Waals surface area contributed by atoms with Gasteiger partial charge < -0.3 is 5.32 Å². The zero-order chi connectivity index (χ0) is 12.9. The number of hydrazone groups is 1. The van der Waals surface area contributed by atoms with E-state index in [1.54, 1.807) is 0 Å². The first-order chi connectivity index (χ1) is 8.29. The molecule has 0 atom stereocenters. The Morgan fingerprint density at radius 2 is 2.18 bits per heavy atom. The second-order valence-corrected chi connectivity index (χ2v) is 3.62. The number of nitrogens with one attached hydrogen (secondary N) is 1. The van der Waals surface area contributed by atoms with Crippen LogP contribution in [0.5, 0.6) is 0 Å². The summed E-state index contributed by atoms with van der Waals surface area (Å²) in [6.45, 7) is 9.63. The average molecular weight is 235 g/mol. The molecule has 0 fully saturated rings. The lowest BCUT2D eigenvalue weighted by Gasteiger charge is -2.21. The third-order valence-corrected chi connectivity index (χ3v) is 2.33. The Balaban J connectivity index is 4.55. The van der Waals surface area contributed by atoms with E-state index in [1.165, 1.54) is 5.70 Å². The molecule has 0 saturated carbocycles. The maximum Gasteiger partial charge on any atom is 0.0471 e. The van der Waals surface area contributed by atoms with E-state index in [4.69, 9.17) is 0 Å². The van der Waals surface area contributed by atoms with Crippen LogP contribution in [0.1, 0.15) is 26.7 Å². The van der Waals surface area contributed by atoms with Gasteiger partial charge in [-0.25, -0.2) is 0 Å². The van der Waals surface area contributed by atoms with Gasteiger partial charge in [-0.05, 0) is 33.4 Å². The topological polar surface area (TPSA) is 27.6 Å². The molecule has 0 spiro atoms. The Morgan fingerprint density at radius 1 is 1.41 bits per heavy atom. The third kappa shape index (κ3) is 7.53. The minimum Gasteiger partial charge on any atom is -0.319 e. The van der Waals surface area contributed by atoms with Crippen molar-refractivity contribution in [1.82, 2.24) is 10.3 Å². The Hall–Kier alpha value is -1.35. The molecule has 3 nitrogen and oxygen atoms in total. The Morgan fingerprint density at radius 3 is 2.71 bits per heavy atom. The molecule has 0 rings (SSSR count). The van der Waals surface area contributed by atoms with Gasteiger partial charge in [-0.1, -0.05) is 18.2 Å². The van der Waals surface area contributed by atoms with Crippen LogP contribution in [0.4, 0.5) is 0 Å². The van der Waals surface area contributed by atoms with Crippen LogP contribution in [0.15, 0.2) is 41.7 Å². The second-order valence-electron chi connectivity index (χ2n) is 3.62. The van der Waals surface area contributed by atoms with Gasteiger partial charge in [-0.3, -0.25) is 5.01 Å². The number of hydrogen-bond donors (Lipinski definition) is 1. The molecular formula is C14H25N3. The summed E-state index contributed by atoms with van der Waals surface area (Å²) in [5, 5.41) is 9.65. The van der Waals surface area contributed by atoms with Gasteiger partial charge >= 0.3 is 0 Å². The molecule has 0 aliphatic heterocycles. The van der Waals surface area contributed by atoms with E-state index in [9.17, 15) is 0 Å². The second kappa shape index (κ2) is 11.1. The van der Waals surface area contributed by atoms with Crippen LogP contribution in [0.2, 0.25) is 0 Å². The predicted octanol–water partition coefficient (Wildman–Crippen LogP) is 2.94. The maximum atomic E-state index is 4.45. The van der Waals surface area contributed by atoms with Crippen molar-refractivity contribution in [3.05, 3.63) is 36.6 Å². The molecule has 96 valence electrons. The highest BCUT2D eigenvalue weighted by Gasteiger charge is 2.05. The Labute approximate surface area is 106 Å². The minimum absolute atomic E-state index is 0.876. The molecule has 0 bridgehead atoms. The van der Waals surface area contributed by atoms with E-state index in [0.29, 0.717) is 0 Å². The molecule has 0 aromatic rings. The van der Waals surface area contributed by atoms with E-state index in [0.717, 1.165) is 25.9 Å². The number of nitrogens with zero attached hydrogens (tertiary/aromatic N) is 2. The van der Waals surface area contributed by atoms with Crippen molar-refractivity contribution in [3.8, 4) is 0 Å². The first-order valence-electron chi connectivity index (χ1n) is 6.13. The lowest BCUT2D eigenvalue weighted by Crippen LogP contribution is -2.21. The zero-order valence-corrected chi connectivity index (χ0v) is 11.3. The summed E-state index contributed by atoms with van der Waals surface area (Å²) in [5.41, 5.74) is 1.24. The minimum atomic E-state index is 0.876. The summed E-state index contributed by atoms with van der Waals surface area (Å²) in [6, 6.07) is 0. The Kier molecular flexibility index (Phi) is 10.3. The zero-order valence-electron chi connectivity index (χ0n) is 11.3. The number of rotatable bonds is 9. The van der Waals surface area contributed by atoms with Crippen molar-refractivity contribution in [2.75, 3.05) is 20.1 Å². The van der Waals surface area contributed by atoms with Gasteiger partial charge in [0.15, 0.2) is 0 Å². The van der Waals surface area contributed by atoms with Crippen LogP contribution >= 0.6 is 0 Å². The van der Waals surface area contributed by atoms with Crippen LogP contribution in [0.3, 0.4) is 0 Å². The van der Waals surface area contributed by atoms with Gasteiger partial charge in [0.05, 0.1) is 0 Å². The van der Waals surface area contributed by atoms with E-state index in [1.807, 2.05) is 43.4 Å². The van der Waals surface area contributed by atoms with Gasteiger partial charge in [0.25, 0.3) is 0 Å². The van der Waals surface area contributed by atoms with Crippen molar-refractivity contribution in [1.29, 1.82) is 0 Å². The normalized spacial score (nSPS) is 12.5. The molecule has 0 aliphatic carbocycles. The fraction of sp³-hybridized carbons (Fsp3) is 0.500. The standard InChI is InChI=1S/C14H25N3/c1-5-8-11-16-17(13-9-6-2)14(7-3)10-12-15-4/h5-8,11,15H,2,9-10,12-13H2,1,3-4H3/b8-5+,14-7+,16-11+. The van der Waals surface area contributed by atoms with Gasteiger partial charge in [-0.2, -0.15) is 5.10 Å². The predicted molar refractivity (Wildman–Crippen MR) is 77.1 cm³/mol. The largest absolute Gasteiger partial charge is 0.319 e. The highest BCUT2D eigenvalue weighted by atomic mass is 15.4. The molecule has 0 heterocycles. The van der Waals surface area contributed by atoms with Crippen LogP contribution < -0.4 is 5.32 Å². The summed E-state index contributed by atoms with van der Waals surface area (Å²) in [5.74, 6) is 0. The van der Waals surface area contributed by atoms with Crippen LogP contribution in [-0.2, 0) is 0 Å². The SMILES string of the molecule is C=CCCN(/N=C/C=C/C)/C(=C/C)CCNC. The molecular weight excluding hydrogens is 210 g/mol. The maximum absolute atomic E-state index is 4.45. The average Bonchev–Trinajstić information content (AvgIpc) is 2.36. The lowest BCUT2D eigenvalue weighted by molar-refractivity contribution is 0.357. The Bertz CT molecular complexity index is 277. The third-order valence-electron chi connectivity index (χ3n) is 2.33. The van der Waals surface area contributed by atoms with Crippen LogP contribution in [0.25, 0.3) is 0 Å². The van der Waals surface area contributed by atoms with E-state index < -0.39 is 0 Å². The van der Waals surface area contributed by atoms with Gasteiger partial charge in [-0.15, -0.1) is 6.58 Å². The number of hydrogen-bond acceptors (Lipinski definition) is 3. The fourth-order valence-electron chi connectivity index (χ4n) is 1.37. The fourth-order valence-corrected chi connectivity index (χ4v) is 1.37. The summed E-state index contributed by atoms with van der Waals surface area (Å²) in [6.07, 6.45) is 11.7. The van der Waals surface area contributed by atoms with Crippen LogP contribution in [0, 0.1) is 0 Å². The molecule has 0 radical (unpaired) electrons. The molecule has 0 amide bonds. The summed E-state index contributed by atoms with van der Waals surface area (Å²) in [4.78, 5) is 0. The number of allylic oxidation sites excluding steroid dienone is 3. The molecule has 0 saturated heterocycles. The summed E-state index contributed by atoms with van der Waals surface area (Å²) < 4.78 is 0. The quantitative estimate of drug-likeness (QED) is 0.378. The molecule has 0 aromatic carbocycles. The monoisotopic (exact) mass is 235 g/mol. The summed E-state index contributed by atoms with van der Waals surface area (Å²) in [7, 11) is 1.96. The molecule has 0 aliphatic rings. The molecule has 0 aromatic heterocycles.